The molecule has 0 aliphatic carbocycles. The first kappa shape index (κ1) is 22.0. The summed E-state index contributed by atoms with van der Waals surface area (Å²) >= 11 is 1.37. The third kappa shape index (κ3) is 4.53. The van der Waals surface area contributed by atoms with Crippen molar-refractivity contribution in [2.24, 2.45) is 0 Å². The number of thiazole rings is 1. The van der Waals surface area contributed by atoms with E-state index in [1.165, 1.54) is 30.6 Å². The molecule has 0 saturated heterocycles. The molecule has 32 heavy (non-hydrogen) atoms. The van der Waals surface area contributed by atoms with Gasteiger partial charge in [0, 0.05) is 36.1 Å². The third-order valence-corrected chi connectivity index (χ3v) is 6.13. The highest BCUT2D eigenvalue weighted by Crippen LogP contribution is 2.41. The predicted octanol–water partition coefficient (Wildman–Crippen LogP) is 4.48. The van der Waals surface area contributed by atoms with Crippen LogP contribution in [-0.4, -0.2) is 31.7 Å². The monoisotopic (exact) mass is 457 g/mol. The lowest BCUT2D eigenvalue weighted by molar-refractivity contribution is -0.117. The van der Waals surface area contributed by atoms with Crippen LogP contribution in [0.15, 0.2) is 41.9 Å². The molecular weight excluding hydrogens is 433 g/mol. The summed E-state index contributed by atoms with van der Waals surface area (Å²) in [6.45, 7) is 2.71. The Bertz CT molecular complexity index is 1120. The maximum Gasteiger partial charge on any atom is 0.228 e. The maximum absolute atomic E-state index is 14.1. The minimum Gasteiger partial charge on any atom is -0.494 e. The zero-order valence-electron chi connectivity index (χ0n) is 18.0. The van der Waals surface area contributed by atoms with Gasteiger partial charge in [-0.15, -0.1) is 11.3 Å². The van der Waals surface area contributed by atoms with Crippen molar-refractivity contribution in [3.63, 3.8) is 0 Å². The van der Waals surface area contributed by atoms with E-state index in [0.717, 1.165) is 24.1 Å². The molecule has 2 heterocycles. The summed E-state index contributed by atoms with van der Waals surface area (Å²) < 4.78 is 30.6. The van der Waals surface area contributed by atoms with Crippen LogP contribution in [0.4, 0.5) is 9.52 Å². The fraction of sp³-hybridized carbons (Fsp3) is 0.304. The van der Waals surface area contributed by atoms with E-state index in [2.05, 4.69) is 15.6 Å². The number of carbonyl (C=O) groups is 1. The molecule has 0 spiro atoms. The first-order chi connectivity index (χ1) is 15.4. The Balaban J connectivity index is 1.64. The van der Waals surface area contributed by atoms with Crippen LogP contribution in [0.1, 0.15) is 24.5 Å². The van der Waals surface area contributed by atoms with Crippen LogP contribution in [0.5, 0.6) is 23.0 Å². The molecule has 7 nitrogen and oxygen atoms in total. The molecule has 0 radical (unpaired) electrons. The first-order valence-corrected chi connectivity index (χ1v) is 11.0. The molecule has 9 heteroatoms. The lowest BCUT2D eigenvalue weighted by atomic mass is 9.81. The molecule has 1 aliphatic rings. The van der Waals surface area contributed by atoms with Crippen molar-refractivity contribution < 1.29 is 23.4 Å². The number of amides is 1. The smallest absolute Gasteiger partial charge is 0.228 e. The number of hydrogen-bond acceptors (Lipinski definition) is 7. The topological polar surface area (TPSA) is 81.7 Å². The molecule has 2 N–H and O–H groups in total. The number of methoxy groups -OCH3 is 2. The summed E-state index contributed by atoms with van der Waals surface area (Å²) in [5.41, 5.74) is 1.38. The van der Waals surface area contributed by atoms with E-state index in [-0.39, 0.29) is 18.1 Å². The molecule has 1 unspecified atom stereocenters. The van der Waals surface area contributed by atoms with Gasteiger partial charge in [-0.3, -0.25) is 4.79 Å². The number of carbonyl (C=O) groups excluding carboxylic acids is 1. The van der Waals surface area contributed by atoms with E-state index in [0.29, 0.717) is 22.4 Å². The Morgan fingerprint density at radius 1 is 1.22 bits per heavy atom. The summed E-state index contributed by atoms with van der Waals surface area (Å²) in [6, 6.07) is 8.17. The van der Waals surface area contributed by atoms with Gasteiger partial charge in [-0.2, -0.15) is 0 Å². The van der Waals surface area contributed by atoms with Crippen LogP contribution in [0.3, 0.4) is 0 Å². The van der Waals surface area contributed by atoms with E-state index >= 15 is 0 Å². The van der Waals surface area contributed by atoms with Crippen molar-refractivity contribution in [3.05, 3.63) is 58.9 Å². The fourth-order valence-corrected chi connectivity index (χ4v) is 4.44. The van der Waals surface area contributed by atoms with Gasteiger partial charge in [-0.25, -0.2) is 9.37 Å². The quantitative estimate of drug-likeness (QED) is 0.544. The number of rotatable bonds is 7. The Labute approximate surface area is 189 Å². The molecular formula is C23H24FN3O4S. The predicted molar refractivity (Wildman–Crippen MR) is 120 cm³/mol. The summed E-state index contributed by atoms with van der Waals surface area (Å²) in [4.78, 5) is 16.8. The minimum atomic E-state index is -0.621. The average Bonchev–Trinajstić information content (AvgIpc) is 3.26. The summed E-state index contributed by atoms with van der Waals surface area (Å²) in [5.74, 6) is 0.763. The lowest BCUT2D eigenvalue weighted by Crippen LogP contribution is -2.47. The van der Waals surface area contributed by atoms with Crippen LogP contribution in [-0.2, 0) is 16.8 Å². The van der Waals surface area contributed by atoms with Crippen molar-refractivity contribution >= 4 is 22.4 Å². The highest BCUT2D eigenvalue weighted by Gasteiger charge is 2.35. The molecule has 1 aromatic heterocycles. The number of halogens is 1. The highest BCUT2D eigenvalue weighted by molar-refractivity contribution is 7.13. The largest absolute Gasteiger partial charge is 0.494 e. The molecule has 4 rings (SSSR count). The molecule has 0 fully saturated rings. The molecule has 0 bridgehead atoms. The Hall–Kier alpha value is -3.17. The molecule has 1 aliphatic heterocycles. The molecule has 0 saturated carbocycles. The number of fused-ring (bicyclic) bond motifs is 1. The van der Waals surface area contributed by atoms with E-state index in [9.17, 15) is 9.18 Å². The van der Waals surface area contributed by atoms with Gasteiger partial charge < -0.3 is 24.8 Å². The van der Waals surface area contributed by atoms with Crippen molar-refractivity contribution in [1.82, 2.24) is 10.3 Å². The Morgan fingerprint density at radius 2 is 2.03 bits per heavy atom. The van der Waals surface area contributed by atoms with Gasteiger partial charge in [0.15, 0.2) is 28.2 Å². The van der Waals surface area contributed by atoms with Crippen LogP contribution in [0.25, 0.3) is 0 Å². The van der Waals surface area contributed by atoms with E-state index in [1.54, 1.807) is 19.4 Å². The normalized spacial score (nSPS) is 17.4. The van der Waals surface area contributed by atoms with Crippen LogP contribution in [0.2, 0.25) is 0 Å². The number of anilines is 1. The SMILES string of the molecule is COc1ccc(Oc2cc3c(cc2OC)CCNC3(C)CC(=O)Nc2nccs2)cc1F. The summed E-state index contributed by atoms with van der Waals surface area (Å²) in [5, 5.41) is 8.68. The van der Waals surface area contributed by atoms with Gasteiger partial charge in [-0.1, -0.05) is 0 Å². The fourth-order valence-electron chi connectivity index (χ4n) is 3.90. The molecule has 168 valence electrons. The zero-order chi connectivity index (χ0) is 22.7. The maximum atomic E-state index is 14.1. The van der Waals surface area contributed by atoms with Crippen LogP contribution in [0, 0.1) is 5.82 Å². The highest BCUT2D eigenvalue weighted by atomic mass is 32.1. The van der Waals surface area contributed by atoms with Gasteiger partial charge in [0.05, 0.1) is 14.2 Å². The van der Waals surface area contributed by atoms with Crippen molar-refractivity contribution in [2.75, 3.05) is 26.1 Å². The molecule has 1 amide bonds. The van der Waals surface area contributed by atoms with Crippen molar-refractivity contribution in [1.29, 1.82) is 0 Å². The second-order valence-electron chi connectivity index (χ2n) is 7.63. The van der Waals surface area contributed by atoms with Gasteiger partial charge >= 0.3 is 0 Å². The summed E-state index contributed by atoms with van der Waals surface area (Å²) in [6.07, 6.45) is 2.64. The molecule has 1 atom stereocenters. The van der Waals surface area contributed by atoms with Crippen LogP contribution >= 0.6 is 11.3 Å². The van der Waals surface area contributed by atoms with Crippen LogP contribution < -0.4 is 24.8 Å². The summed E-state index contributed by atoms with van der Waals surface area (Å²) in [7, 11) is 2.97. The zero-order valence-corrected chi connectivity index (χ0v) is 18.8. The van der Waals surface area contributed by atoms with E-state index in [4.69, 9.17) is 14.2 Å². The Morgan fingerprint density at radius 3 is 2.72 bits per heavy atom. The lowest BCUT2D eigenvalue weighted by Gasteiger charge is -2.37. The van der Waals surface area contributed by atoms with Gasteiger partial charge in [0.1, 0.15) is 5.75 Å². The number of aromatic nitrogens is 1. The standard InChI is InChI=1S/C23H24FN3O4S/c1-23(13-21(28)27-22-25-8-9-32-22)16-12-20(19(30-3)10-14(16)6-7-26-23)31-15-4-5-18(29-2)17(24)11-15/h4-5,8-12,26H,6-7,13H2,1-3H3,(H,25,27,28). The van der Waals surface area contributed by atoms with Crippen molar-refractivity contribution in [2.45, 2.75) is 25.3 Å². The second kappa shape index (κ2) is 9.13. The van der Waals surface area contributed by atoms with Gasteiger partial charge in [0.2, 0.25) is 5.91 Å². The number of nitrogens with one attached hydrogen (secondary N) is 2. The molecule has 3 aromatic rings. The minimum absolute atomic E-state index is 0.137. The number of benzene rings is 2. The molecule has 2 aromatic carbocycles. The second-order valence-corrected chi connectivity index (χ2v) is 8.52. The number of nitrogens with zero attached hydrogens (tertiary/aromatic N) is 1. The van der Waals surface area contributed by atoms with Gasteiger partial charge in [0.25, 0.3) is 0 Å². The average molecular weight is 458 g/mol. The van der Waals surface area contributed by atoms with E-state index in [1.807, 2.05) is 24.4 Å². The third-order valence-electron chi connectivity index (χ3n) is 5.44. The van der Waals surface area contributed by atoms with Crippen molar-refractivity contribution in [3.8, 4) is 23.0 Å². The first-order valence-electron chi connectivity index (χ1n) is 10.1. The Kier molecular flexibility index (Phi) is 6.29. The number of ether oxygens (including phenoxy) is 3. The van der Waals surface area contributed by atoms with Gasteiger partial charge in [-0.05, 0) is 48.7 Å². The van der Waals surface area contributed by atoms with E-state index < -0.39 is 11.4 Å². The number of hydrogen-bond donors (Lipinski definition) is 2.